The molecule has 0 aliphatic carbocycles. The van der Waals surface area contributed by atoms with Gasteiger partial charge < -0.3 is 10.1 Å². The minimum Gasteiger partial charge on any atom is -0.481 e. The largest absolute Gasteiger partial charge is 0.481 e. The Morgan fingerprint density at radius 3 is 2.76 bits per heavy atom. The molecule has 1 rings (SSSR count). The zero-order valence-corrected chi connectivity index (χ0v) is 10.6. The van der Waals surface area contributed by atoms with Crippen molar-refractivity contribution in [3.63, 3.8) is 0 Å². The maximum absolute atomic E-state index is 10.7. The molecule has 0 bridgehead atoms. The van der Waals surface area contributed by atoms with Gasteiger partial charge in [-0.05, 0) is 13.3 Å². The molecule has 8 heteroatoms. The minimum atomic E-state index is -3.40. The van der Waals surface area contributed by atoms with Crippen LogP contribution in [-0.4, -0.2) is 37.8 Å². The number of sulfonamides is 1. The Hall–Kier alpha value is -1.41. The molecule has 0 amide bonds. The van der Waals surface area contributed by atoms with E-state index in [1.54, 1.807) is 0 Å². The van der Waals surface area contributed by atoms with E-state index >= 15 is 0 Å². The minimum absolute atomic E-state index is 0.0543. The summed E-state index contributed by atoms with van der Waals surface area (Å²) in [6.45, 7) is 2.29. The van der Waals surface area contributed by atoms with Crippen molar-refractivity contribution in [3.05, 3.63) is 11.9 Å². The molecule has 7 nitrogen and oxygen atoms in total. The first-order chi connectivity index (χ1) is 7.94. The number of aromatic nitrogens is 2. The molecule has 3 N–H and O–H groups in total. The van der Waals surface area contributed by atoms with Gasteiger partial charge in [-0.15, -0.1) is 0 Å². The van der Waals surface area contributed by atoms with Gasteiger partial charge in [0.05, 0.1) is 18.4 Å². The summed E-state index contributed by atoms with van der Waals surface area (Å²) in [7, 11) is -1.87. The Labute approximate surface area is 100 Å². The van der Waals surface area contributed by atoms with Crippen molar-refractivity contribution in [2.45, 2.75) is 13.3 Å². The number of nitrogens with two attached hydrogens (primary N) is 1. The van der Waals surface area contributed by atoms with E-state index in [1.165, 1.54) is 13.4 Å². The SMILES string of the molecule is COc1ncnc(NCCCS(N)(=O)=O)c1C. The number of hydrogen-bond donors (Lipinski definition) is 2. The maximum Gasteiger partial charge on any atom is 0.221 e. The predicted octanol–water partition coefficient (Wildman–Crippen LogP) is -0.116. The number of hydrogen-bond acceptors (Lipinski definition) is 6. The molecule has 0 unspecified atom stereocenters. The smallest absolute Gasteiger partial charge is 0.221 e. The van der Waals surface area contributed by atoms with Crippen LogP contribution in [-0.2, 0) is 10.0 Å². The summed E-state index contributed by atoms with van der Waals surface area (Å²) in [5.41, 5.74) is 0.783. The van der Waals surface area contributed by atoms with Gasteiger partial charge in [-0.3, -0.25) is 0 Å². The van der Waals surface area contributed by atoms with Crippen LogP contribution in [0.5, 0.6) is 5.88 Å². The van der Waals surface area contributed by atoms with Crippen molar-refractivity contribution < 1.29 is 13.2 Å². The average molecular weight is 260 g/mol. The number of nitrogens with zero attached hydrogens (tertiary/aromatic N) is 2. The molecule has 0 aliphatic rings. The molecular formula is C9H16N4O3S. The van der Waals surface area contributed by atoms with Crippen LogP contribution in [0.1, 0.15) is 12.0 Å². The van der Waals surface area contributed by atoms with Crippen LogP contribution in [0.15, 0.2) is 6.33 Å². The molecule has 1 aromatic heterocycles. The molecule has 0 fully saturated rings. The molecule has 0 saturated heterocycles. The Morgan fingerprint density at radius 1 is 1.47 bits per heavy atom. The highest BCUT2D eigenvalue weighted by atomic mass is 32.2. The van der Waals surface area contributed by atoms with E-state index in [1.807, 2.05) is 6.92 Å². The van der Waals surface area contributed by atoms with Crippen molar-refractivity contribution >= 4 is 15.8 Å². The highest BCUT2D eigenvalue weighted by Gasteiger charge is 2.07. The van der Waals surface area contributed by atoms with Crippen molar-refractivity contribution in [2.75, 3.05) is 24.7 Å². The number of ether oxygens (including phenoxy) is 1. The van der Waals surface area contributed by atoms with Crippen molar-refractivity contribution in [2.24, 2.45) is 5.14 Å². The lowest BCUT2D eigenvalue weighted by Gasteiger charge is -2.09. The van der Waals surface area contributed by atoms with Gasteiger partial charge in [0, 0.05) is 6.54 Å². The quantitative estimate of drug-likeness (QED) is 0.691. The van der Waals surface area contributed by atoms with E-state index in [-0.39, 0.29) is 5.75 Å². The third-order valence-corrected chi connectivity index (χ3v) is 2.99. The summed E-state index contributed by atoms with van der Waals surface area (Å²) in [5, 5.41) is 7.90. The average Bonchev–Trinajstić information content (AvgIpc) is 2.25. The second-order valence-electron chi connectivity index (χ2n) is 3.50. The fraction of sp³-hybridized carbons (Fsp3) is 0.556. The fourth-order valence-electron chi connectivity index (χ4n) is 1.30. The molecule has 96 valence electrons. The van der Waals surface area contributed by atoms with Gasteiger partial charge in [0.15, 0.2) is 0 Å². The van der Waals surface area contributed by atoms with Crippen LogP contribution in [0, 0.1) is 6.92 Å². The number of methoxy groups -OCH3 is 1. The van der Waals surface area contributed by atoms with Crippen molar-refractivity contribution in [1.29, 1.82) is 0 Å². The Morgan fingerprint density at radius 2 is 2.18 bits per heavy atom. The summed E-state index contributed by atoms with van der Waals surface area (Å²) in [6.07, 6.45) is 1.80. The van der Waals surface area contributed by atoms with Crippen LogP contribution >= 0.6 is 0 Å². The highest BCUT2D eigenvalue weighted by molar-refractivity contribution is 7.89. The molecular weight excluding hydrogens is 244 g/mol. The Balaban J connectivity index is 2.52. The lowest BCUT2D eigenvalue weighted by molar-refractivity contribution is 0.393. The van der Waals surface area contributed by atoms with E-state index in [9.17, 15) is 8.42 Å². The van der Waals surface area contributed by atoms with E-state index in [4.69, 9.17) is 9.88 Å². The van der Waals surface area contributed by atoms with Crippen molar-refractivity contribution in [3.8, 4) is 5.88 Å². The molecule has 0 spiro atoms. The number of rotatable bonds is 6. The third kappa shape index (κ3) is 4.53. The standard InChI is InChI=1S/C9H16N4O3S/c1-7-8(12-6-13-9(7)16-2)11-4-3-5-17(10,14)15/h6H,3-5H2,1-2H3,(H2,10,14,15)(H,11,12,13). The van der Waals surface area contributed by atoms with Gasteiger partial charge in [0.1, 0.15) is 12.1 Å². The summed E-state index contributed by atoms with van der Waals surface area (Å²) in [5.74, 6) is 1.07. The summed E-state index contributed by atoms with van der Waals surface area (Å²) in [6, 6.07) is 0. The van der Waals surface area contributed by atoms with E-state index in [0.717, 1.165) is 5.56 Å². The lowest BCUT2D eigenvalue weighted by atomic mass is 10.3. The van der Waals surface area contributed by atoms with Gasteiger partial charge >= 0.3 is 0 Å². The summed E-state index contributed by atoms with van der Waals surface area (Å²) >= 11 is 0. The van der Waals surface area contributed by atoms with Gasteiger partial charge in [-0.2, -0.15) is 0 Å². The molecule has 1 aromatic rings. The fourth-order valence-corrected chi connectivity index (χ4v) is 1.84. The van der Waals surface area contributed by atoms with Crippen LogP contribution in [0.2, 0.25) is 0 Å². The first-order valence-corrected chi connectivity index (χ1v) is 6.75. The summed E-state index contributed by atoms with van der Waals surface area (Å²) < 4.78 is 26.5. The van der Waals surface area contributed by atoms with Crippen LogP contribution in [0.4, 0.5) is 5.82 Å². The van der Waals surface area contributed by atoms with Gasteiger partial charge in [0.2, 0.25) is 15.9 Å². The van der Waals surface area contributed by atoms with Gasteiger partial charge in [0.25, 0.3) is 0 Å². The van der Waals surface area contributed by atoms with E-state index < -0.39 is 10.0 Å². The normalized spacial score (nSPS) is 11.2. The predicted molar refractivity (Wildman–Crippen MR) is 64.4 cm³/mol. The molecule has 17 heavy (non-hydrogen) atoms. The van der Waals surface area contributed by atoms with Crippen LogP contribution < -0.4 is 15.2 Å². The Bertz CT molecular complexity index is 475. The first kappa shape index (κ1) is 13.7. The number of anilines is 1. The monoisotopic (exact) mass is 260 g/mol. The van der Waals surface area contributed by atoms with E-state index in [2.05, 4.69) is 15.3 Å². The van der Waals surface area contributed by atoms with Gasteiger partial charge in [-0.25, -0.2) is 23.5 Å². The molecule has 0 saturated carbocycles. The first-order valence-electron chi connectivity index (χ1n) is 5.04. The second-order valence-corrected chi connectivity index (χ2v) is 5.24. The zero-order valence-electron chi connectivity index (χ0n) is 9.80. The van der Waals surface area contributed by atoms with E-state index in [0.29, 0.717) is 24.7 Å². The molecule has 0 atom stereocenters. The maximum atomic E-state index is 10.7. The van der Waals surface area contributed by atoms with Gasteiger partial charge in [-0.1, -0.05) is 0 Å². The molecule has 0 aromatic carbocycles. The lowest BCUT2D eigenvalue weighted by Crippen LogP contribution is -2.19. The molecule has 1 heterocycles. The highest BCUT2D eigenvalue weighted by Crippen LogP contribution is 2.19. The second kappa shape index (κ2) is 5.78. The molecule has 0 radical (unpaired) electrons. The number of nitrogens with one attached hydrogen (secondary N) is 1. The van der Waals surface area contributed by atoms with Crippen molar-refractivity contribution in [1.82, 2.24) is 9.97 Å². The van der Waals surface area contributed by atoms with Crippen LogP contribution in [0.25, 0.3) is 0 Å². The zero-order chi connectivity index (χ0) is 12.9. The molecule has 0 aliphatic heterocycles. The van der Waals surface area contributed by atoms with Crippen LogP contribution in [0.3, 0.4) is 0 Å². The Kier molecular flexibility index (Phi) is 4.64. The number of primary sulfonamides is 1. The summed E-state index contributed by atoms with van der Waals surface area (Å²) in [4.78, 5) is 7.97. The topological polar surface area (TPSA) is 107 Å². The third-order valence-electron chi connectivity index (χ3n) is 2.13.